The standard InChI is InChI=1S/C14H9BrFIN2O/c15-10-3-8(1-2-11(10)16)7-20-14-12(17)4-9(6-18)5-13(14)19/h1-5H,7,19H2. The molecule has 0 spiro atoms. The summed E-state index contributed by atoms with van der Waals surface area (Å²) in [5, 5.41) is 8.85. The Kier molecular flexibility index (Phi) is 4.83. The van der Waals surface area contributed by atoms with E-state index in [2.05, 4.69) is 38.5 Å². The number of nitrogens with two attached hydrogens (primary N) is 1. The maximum absolute atomic E-state index is 13.1. The van der Waals surface area contributed by atoms with Crippen LogP contribution >= 0.6 is 38.5 Å². The van der Waals surface area contributed by atoms with Gasteiger partial charge in [-0.1, -0.05) is 6.07 Å². The van der Waals surface area contributed by atoms with Crippen LogP contribution in [-0.4, -0.2) is 0 Å². The Morgan fingerprint density at radius 3 is 2.70 bits per heavy atom. The monoisotopic (exact) mass is 446 g/mol. The van der Waals surface area contributed by atoms with Crippen molar-refractivity contribution in [3.05, 3.63) is 55.3 Å². The highest BCUT2D eigenvalue weighted by Crippen LogP contribution is 2.30. The lowest BCUT2D eigenvalue weighted by Crippen LogP contribution is -2.01. The molecule has 0 saturated carbocycles. The minimum atomic E-state index is -0.318. The predicted molar refractivity (Wildman–Crippen MR) is 86.7 cm³/mol. The van der Waals surface area contributed by atoms with E-state index in [0.717, 1.165) is 9.13 Å². The summed E-state index contributed by atoms with van der Waals surface area (Å²) in [7, 11) is 0. The van der Waals surface area contributed by atoms with E-state index < -0.39 is 0 Å². The average molecular weight is 447 g/mol. The Balaban J connectivity index is 2.19. The summed E-state index contributed by atoms with van der Waals surface area (Å²) in [6.45, 7) is 0.269. The molecule has 3 nitrogen and oxygen atoms in total. The third-order valence-corrected chi connectivity index (χ3v) is 3.98. The molecule has 2 aromatic rings. The molecule has 2 N–H and O–H groups in total. The van der Waals surface area contributed by atoms with E-state index in [9.17, 15) is 4.39 Å². The summed E-state index contributed by atoms with van der Waals surface area (Å²) < 4.78 is 20.0. The first kappa shape index (κ1) is 15.1. The molecule has 0 radical (unpaired) electrons. The Morgan fingerprint density at radius 1 is 1.35 bits per heavy atom. The fourth-order valence-electron chi connectivity index (χ4n) is 1.62. The number of ether oxygens (including phenoxy) is 1. The highest BCUT2D eigenvalue weighted by molar-refractivity contribution is 14.1. The molecule has 2 rings (SSSR count). The zero-order chi connectivity index (χ0) is 14.7. The smallest absolute Gasteiger partial charge is 0.156 e. The van der Waals surface area contributed by atoms with Gasteiger partial charge in [0.1, 0.15) is 12.4 Å². The van der Waals surface area contributed by atoms with E-state index >= 15 is 0 Å². The fourth-order valence-corrected chi connectivity index (χ4v) is 2.85. The summed E-state index contributed by atoms with van der Waals surface area (Å²) in [5.41, 5.74) is 7.58. The number of hydrogen-bond donors (Lipinski definition) is 1. The summed E-state index contributed by atoms with van der Waals surface area (Å²) in [6, 6.07) is 9.98. The molecule has 20 heavy (non-hydrogen) atoms. The van der Waals surface area contributed by atoms with Crippen LogP contribution in [0.15, 0.2) is 34.8 Å². The van der Waals surface area contributed by atoms with Crippen molar-refractivity contribution in [3.8, 4) is 11.8 Å². The first-order chi connectivity index (χ1) is 9.51. The first-order valence-corrected chi connectivity index (χ1v) is 7.44. The van der Waals surface area contributed by atoms with Gasteiger partial charge in [0, 0.05) is 0 Å². The van der Waals surface area contributed by atoms with Crippen molar-refractivity contribution < 1.29 is 9.13 Å². The molecule has 6 heteroatoms. The number of hydrogen-bond acceptors (Lipinski definition) is 3. The molecule has 102 valence electrons. The largest absolute Gasteiger partial charge is 0.486 e. The molecule has 0 aliphatic heterocycles. The van der Waals surface area contributed by atoms with Crippen molar-refractivity contribution in [1.82, 2.24) is 0 Å². The van der Waals surface area contributed by atoms with Crippen LogP contribution < -0.4 is 10.5 Å². The molecule has 0 aliphatic carbocycles. The summed E-state index contributed by atoms with van der Waals surface area (Å²) >= 11 is 5.19. The molecule has 0 amide bonds. The van der Waals surface area contributed by atoms with Crippen LogP contribution in [0, 0.1) is 20.7 Å². The van der Waals surface area contributed by atoms with Gasteiger partial charge in [-0.3, -0.25) is 0 Å². The molecule has 0 fully saturated rings. The van der Waals surface area contributed by atoms with Crippen LogP contribution in [0.2, 0.25) is 0 Å². The number of anilines is 1. The van der Waals surface area contributed by atoms with Gasteiger partial charge in [0.15, 0.2) is 5.75 Å². The zero-order valence-corrected chi connectivity index (χ0v) is 13.9. The zero-order valence-electron chi connectivity index (χ0n) is 10.2. The highest BCUT2D eigenvalue weighted by Gasteiger charge is 2.09. The molecular formula is C14H9BrFIN2O. The summed E-state index contributed by atoms with van der Waals surface area (Å²) in [5.74, 6) is 0.214. The van der Waals surface area contributed by atoms with Gasteiger partial charge in [-0.15, -0.1) is 0 Å². The van der Waals surface area contributed by atoms with Crippen molar-refractivity contribution in [2.75, 3.05) is 5.73 Å². The molecule has 0 bridgehead atoms. The molecule has 0 aromatic heterocycles. The van der Waals surface area contributed by atoms with E-state index in [1.165, 1.54) is 6.07 Å². The molecule has 2 aromatic carbocycles. The van der Waals surface area contributed by atoms with Crippen molar-refractivity contribution >= 4 is 44.2 Å². The highest BCUT2D eigenvalue weighted by atomic mass is 127. The van der Waals surface area contributed by atoms with Gasteiger partial charge in [0.05, 0.1) is 25.4 Å². The van der Waals surface area contributed by atoms with Crippen LogP contribution in [0.3, 0.4) is 0 Å². The second kappa shape index (κ2) is 6.41. The van der Waals surface area contributed by atoms with E-state index in [1.54, 1.807) is 24.3 Å². The Labute approximate surface area is 137 Å². The lowest BCUT2D eigenvalue weighted by molar-refractivity contribution is 0.305. The number of rotatable bonds is 3. The molecule has 0 aliphatic rings. The van der Waals surface area contributed by atoms with Crippen molar-refractivity contribution in [2.45, 2.75) is 6.61 Å². The number of nitriles is 1. The SMILES string of the molecule is N#Cc1cc(N)c(OCc2ccc(F)c(Br)c2)c(I)c1. The van der Waals surface area contributed by atoms with Gasteiger partial charge in [0.2, 0.25) is 0 Å². The Bertz CT molecular complexity index is 677. The maximum atomic E-state index is 13.1. The van der Waals surface area contributed by atoms with Crippen LogP contribution in [-0.2, 0) is 6.61 Å². The van der Waals surface area contributed by atoms with Crippen molar-refractivity contribution in [2.24, 2.45) is 0 Å². The maximum Gasteiger partial charge on any atom is 0.156 e. The Hall–Kier alpha value is -1.33. The molecule has 0 heterocycles. The van der Waals surface area contributed by atoms with Gasteiger partial charge in [-0.05, 0) is 68.3 Å². The quantitative estimate of drug-likeness (QED) is 0.567. The van der Waals surface area contributed by atoms with Gasteiger partial charge in [0.25, 0.3) is 0 Å². The Morgan fingerprint density at radius 2 is 2.10 bits per heavy atom. The number of halogens is 3. The lowest BCUT2D eigenvalue weighted by atomic mass is 10.2. The number of nitrogen functional groups attached to an aromatic ring is 1. The minimum absolute atomic E-state index is 0.269. The van der Waals surface area contributed by atoms with E-state index in [0.29, 0.717) is 21.5 Å². The molecule has 0 atom stereocenters. The molecular weight excluding hydrogens is 438 g/mol. The van der Waals surface area contributed by atoms with E-state index in [-0.39, 0.29) is 12.4 Å². The second-order valence-electron chi connectivity index (χ2n) is 4.03. The van der Waals surface area contributed by atoms with Gasteiger partial charge in [-0.2, -0.15) is 5.26 Å². The van der Waals surface area contributed by atoms with Crippen molar-refractivity contribution in [3.63, 3.8) is 0 Å². The van der Waals surface area contributed by atoms with Crippen LogP contribution in [0.4, 0.5) is 10.1 Å². The third kappa shape index (κ3) is 3.41. The van der Waals surface area contributed by atoms with Gasteiger partial charge < -0.3 is 10.5 Å². The van der Waals surface area contributed by atoms with E-state index in [4.69, 9.17) is 15.7 Å². The van der Waals surface area contributed by atoms with Gasteiger partial charge >= 0.3 is 0 Å². The average Bonchev–Trinajstić information content (AvgIpc) is 2.41. The number of benzene rings is 2. The van der Waals surface area contributed by atoms with E-state index in [1.807, 2.05) is 6.07 Å². The molecule has 0 unspecified atom stereocenters. The van der Waals surface area contributed by atoms with Crippen LogP contribution in [0.25, 0.3) is 0 Å². The first-order valence-electron chi connectivity index (χ1n) is 5.57. The van der Waals surface area contributed by atoms with Crippen LogP contribution in [0.5, 0.6) is 5.75 Å². The molecule has 0 saturated heterocycles. The van der Waals surface area contributed by atoms with Gasteiger partial charge in [-0.25, -0.2) is 4.39 Å². The number of nitrogens with zero attached hydrogens (tertiary/aromatic N) is 1. The van der Waals surface area contributed by atoms with Crippen LogP contribution in [0.1, 0.15) is 11.1 Å². The second-order valence-corrected chi connectivity index (χ2v) is 6.04. The minimum Gasteiger partial charge on any atom is -0.486 e. The summed E-state index contributed by atoms with van der Waals surface area (Å²) in [4.78, 5) is 0. The topological polar surface area (TPSA) is 59.0 Å². The lowest BCUT2D eigenvalue weighted by Gasteiger charge is -2.11. The predicted octanol–water partition coefficient (Wildman–Crippen LogP) is 4.23. The fraction of sp³-hybridized carbons (Fsp3) is 0.0714. The third-order valence-electron chi connectivity index (χ3n) is 2.57. The van der Waals surface area contributed by atoms with Crippen molar-refractivity contribution in [1.29, 1.82) is 5.26 Å². The summed E-state index contributed by atoms with van der Waals surface area (Å²) in [6.07, 6.45) is 0. The normalized spacial score (nSPS) is 10.1.